The molecule has 1 aromatic carbocycles. The average molecular weight is 263 g/mol. The minimum Gasteiger partial charge on any atom is -0.326 e. The van der Waals surface area contributed by atoms with Crippen LogP contribution in [-0.2, 0) is 4.79 Å². The molecule has 0 radical (unpaired) electrons. The van der Waals surface area contributed by atoms with Crippen molar-refractivity contribution >= 4 is 17.7 Å². The van der Waals surface area contributed by atoms with Crippen LogP contribution >= 0.6 is 11.8 Å². The maximum atomic E-state index is 11.9. The first-order chi connectivity index (χ1) is 8.63. The van der Waals surface area contributed by atoms with Crippen molar-refractivity contribution in [2.75, 3.05) is 12.3 Å². The molecule has 2 rings (SSSR count). The van der Waals surface area contributed by atoms with Crippen molar-refractivity contribution in [3.63, 3.8) is 0 Å². The van der Waals surface area contributed by atoms with E-state index in [1.165, 1.54) is 11.1 Å². The first-order valence-corrected chi connectivity index (χ1v) is 7.69. The largest absolute Gasteiger partial charge is 0.326 e. The molecule has 0 aliphatic carbocycles. The number of benzene rings is 1. The van der Waals surface area contributed by atoms with Gasteiger partial charge in [-0.25, -0.2) is 0 Å². The van der Waals surface area contributed by atoms with Crippen molar-refractivity contribution in [1.82, 2.24) is 4.90 Å². The van der Waals surface area contributed by atoms with Crippen molar-refractivity contribution in [2.45, 2.75) is 38.5 Å². The number of amides is 1. The lowest BCUT2D eigenvalue weighted by atomic mass is 10.0. The molecule has 0 saturated carbocycles. The summed E-state index contributed by atoms with van der Waals surface area (Å²) in [4.78, 5) is 13.9. The highest BCUT2D eigenvalue weighted by Crippen LogP contribution is 2.38. The summed E-state index contributed by atoms with van der Waals surface area (Å²) in [5.41, 5.74) is 2.61. The Kier molecular flexibility index (Phi) is 4.33. The van der Waals surface area contributed by atoms with Gasteiger partial charge in [-0.15, -0.1) is 11.8 Å². The fraction of sp³-hybridized carbons (Fsp3) is 0.533. The standard InChI is InChI=1S/C15H21NOS/c1-4-14(17)16-9-10-18-15(16)13-7-5-12(6-8-13)11(2)3/h5-8,11,15H,4,9-10H2,1-3H3. The second-order valence-corrected chi connectivity index (χ2v) is 6.17. The Morgan fingerprint density at radius 1 is 1.39 bits per heavy atom. The number of rotatable bonds is 3. The maximum Gasteiger partial charge on any atom is 0.223 e. The summed E-state index contributed by atoms with van der Waals surface area (Å²) < 4.78 is 0. The van der Waals surface area contributed by atoms with E-state index >= 15 is 0 Å². The van der Waals surface area contributed by atoms with Gasteiger partial charge in [-0.3, -0.25) is 4.79 Å². The summed E-state index contributed by atoms with van der Waals surface area (Å²) in [6.45, 7) is 7.22. The van der Waals surface area contributed by atoms with Crippen LogP contribution in [0.25, 0.3) is 0 Å². The van der Waals surface area contributed by atoms with Gasteiger partial charge in [-0.2, -0.15) is 0 Å². The Morgan fingerprint density at radius 2 is 2.06 bits per heavy atom. The van der Waals surface area contributed by atoms with Gasteiger partial charge in [0.2, 0.25) is 5.91 Å². The van der Waals surface area contributed by atoms with Gasteiger partial charge in [-0.05, 0) is 17.0 Å². The van der Waals surface area contributed by atoms with E-state index in [2.05, 4.69) is 38.1 Å². The van der Waals surface area contributed by atoms with Gasteiger partial charge in [0.25, 0.3) is 0 Å². The molecule has 1 heterocycles. The molecule has 98 valence electrons. The van der Waals surface area contributed by atoms with Crippen LogP contribution in [0.4, 0.5) is 0 Å². The summed E-state index contributed by atoms with van der Waals surface area (Å²) in [7, 11) is 0. The second kappa shape index (κ2) is 5.79. The van der Waals surface area contributed by atoms with Gasteiger partial charge in [0.1, 0.15) is 5.37 Å². The molecular formula is C15H21NOS. The van der Waals surface area contributed by atoms with E-state index < -0.39 is 0 Å². The third-order valence-corrected chi connectivity index (χ3v) is 4.66. The molecule has 1 aromatic rings. The van der Waals surface area contributed by atoms with Crippen molar-refractivity contribution in [3.05, 3.63) is 35.4 Å². The topological polar surface area (TPSA) is 20.3 Å². The molecule has 1 unspecified atom stereocenters. The van der Waals surface area contributed by atoms with Gasteiger partial charge >= 0.3 is 0 Å². The zero-order chi connectivity index (χ0) is 13.1. The molecule has 2 nitrogen and oxygen atoms in total. The smallest absolute Gasteiger partial charge is 0.223 e. The lowest BCUT2D eigenvalue weighted by Gasteiger charge is -2.24. The molecule has 0 spiro atoms. The van der Waals surface area contributed by atoms with E-state index in [-0.39, 0.29) is 11.3 Å². The van der Waals surface area contributed by atoms with Crippen molar-refractivity contribution in [3.8, 4) is 0 Å². The summed E-state index contributed by atoms with van der Waals surface area (Å²) in [5.74, 6) is 1.86. The van der Waals surface area contributed by atoms with Crippen LogP contribution in [0.1, 0.15) is 49.6 Å². The van der Waals surface area contributed by atoms with Crippen LogP contribution in [0.5, 0.6) is 0 Å². The Balaban J connectivity index is 2.17. The number of carbonyl (C=O) groups is 1. The molecule has 1 saturated heterocycles. The molecule has 0 aromatic heterocycles. The Labute approximate surface area is 114 Å². The van der Waals surface area contributed by atoms with Crippen LogP contribution in [0.2, 0.25) is 0 Å². The van der Waals surface area contributed by atoms with Gasteiger partial charge in [0, 0.05) is 18.7 Å². The average Bonchev–Trinajstić information content (AvgIpc) is 2.87. The number of thioether (sulfide) groups is 1. The van der Waals surface area contributed by atoms with Gasteiger partial charge in [0.15, 0.2) is 0 Å². The fourth-order valence-corrected chi connectivity index (χ4v) is 3.53. The van der Waals surface area contributed by atoms with Crippen molar-refractivity contribution in [1.29, 1.82) is 0 Å². The third kappa shape index (κ3) is 2.72. The molecule has 0 bridgehead atoms. The van der Waals surface area contributed by atoms with Crippen LogP contribution in [-0.4, -0.2) is 23.1 Å². The lowest BCUT2D eigenvalue weighted by Crippen LogP contribution is -2.29. The highest BCUT2D eigenvalue weighted by atomic mass is 32.2. The quantitative estimate of drug-likeness (QED) is 0.827. The molecule has 18 heavy (non-hydrogen) atoms. The molecule has 1 amide bonds. The monoisotopic (exact) mass is 263 g/mol. The molecule has 3 heteroatoms. The predicted octanol–water partition coefficient (Wildman–Crippen LogP) is 3.79. The number of hydrogen-bond acceptors (Lipinski definition) is 2. The van der Waals surface area contributed by atoms with Gasteiger partial charge in [-0.1, -0.05) is 45.0 Å². The first-order valence-electron chi connectivity index (χ1n) is 6.64. The van der Waals surface area contributed by atoms with E-state index in [4.69, 9.17) is 0 Å². The minimum atomic E-state index is 0.221. The normalized spacial score (nSPS) is 19.6. The lowest BCUT2D eigenvalue weighted by molar-refractivity contribution is -0.130. The summed E-state index contributed by atoms with van der Waals surface area (Å²) in [5, 5.41) is 0.221. The van der Waals surface area contributed by atoms with E-state index in [1.54, 1.807) is 0 Å². The van der Waals surface area contributed by atoms with E-state index in [1.807, 2.05) is 23.6 Å². The molecule has 1 fully saturated rings. The van der Waals surface area contributed by atoms with Crippen LogP contribution in [0, 0.1) is 0 Å². The molecule has 1 aliphatic rings. The highest BCUT2D eigenvalue weighted by molar-refractivity contribution is 7.99. The number of hydrogen-bond donors (Lipinski definition) is 0. The van der Waals surface area contributed by atoms with Gasteiger partial charge in [0.05, 0.1) is 0 Å². The zero-order valence-electron chi connectivity index (χ0n) is 11.3. The number of carbonyl (C=O) groups excluding carboxylic acids is 1. The van der Waals surface area contributed by atoms with E-state index in [9.17, 15) is 4.79 Å². The van der Waals surface area contributed by atoms with E-state index in [0.717, 1.165) is 12.3 Å². The van der Waals surface area contributed by atoms with Crippen molar-refractivity contribution < 1.29 is 4.79 Å². The predicted molar refractivity (Wildman–Crippen MR) is 77.7 cm³/mol. The van der Waals surface area contributed by atoms with E-state index in [0.29, 0.717) is 12.3 Å². The highest BCUT2D eigenvalue weighted by Gasteiger charge is 2.29. The van der Waals surface area contributed by atoms with Crippen molar-refractivity contribution in [2.24, 2.45) is 0 Å². The van der Waals surface area contributed by atoms with Crippen LogP contribution in [0.15, 0.2) is 24.3 Å². The fourth-order valence-electron chi connectivity index (χ4n) is 2.25. The Bertz CT molecular complexity index is 413. The molecular weight excluding hydrogens is 242 g/mol. The van der Waals surface area contributed by atoms with Crippen LogP contribution in [0.3, 0.4) is 0 Å². The van der Waals surface area contributed by atoms with Gasteiger partial charge < -0.3 is 4.90 Å². The number of nitrogens with zero attached hydrogens (tertiary/aromatic N) is 1. The zero-order valence-corrected chi connectivity index (χ0v) is 12.2. The SMILES string of the molecule is CCC(=O)N1CCSC1c1ccc(C(C)C)cc1. The molecule has 1 atom stereocenters. The Hall–Kier alpha value is -0.960. The summed E-state index contributed by atoms with van der Waals surface area (Å²) in [6, 6.07) is 8.73. The Morgan fingerprint density at radius 3 is 2.61 bits per heavy atom. The summed E-state index contributed by atoms with van der Waals surface area (Å²) >= 11 is 1.87. The third-order valence-electron chi connectivity index (χ3n) is 3.40. The first kappa shape index (κ1) is 13.5. The molecule has 0 N–H and O–H groups in total. The summed E-state index contributed by atoms with van der Waals surface area (Å²) in [6.07, 6.45) is 0.598. The van der Waals surface area contributed by atoms with Crippen LogP contribution < -0.4 is 0 Å². The minimum absolute atomic E-state index is 0.221. The second-order valence-electron chi connectivity index (χ2n) is 4.99. The molecule has 1 aliphatic heterocycles. The maximum absolute atomic E-state index is 11.9.